The Morgan fingerprint density at radius 1 is 0.875 bits per heavy atom. The fraction of sp³-hybridized carbons (Fsp3) is 0. The molecule has 0 radical (unpaired) electrons. The molecule has 0 aromatic heterocycles. The van der Waals surface area contributed by atoms with E-state index in [2.05, 4.69) is 17.3 Å². The summed E-state index contributed by atoms with van der Waals surface area (Å²) in [4.78, 5) is 0. The minimum absolute atomic E-state index is 0.249. The van der Waals surface area contributed by atoms with Crippen LogP contribution >= 0.6 is 0 Å². The summed E-state index contributed by atoms with van der Waals surface area (Å²) in [6.45, 7) is 0. The molecule has 0 fully saturated rings. The van der Waals surface area contributed by atoms with E-state index in [0.717, 1.165) is 11.3 Å². The van der Waals surface area contributed by atoms with Crippen molar-refractivity contribution in [1.82, 2.24) is 0 Å². The highest BCUT2D eigenvalue weighted by atomic mass is 19.1. The van der Waals surface area contributed by atoms with Crippen LogP contribution in [0.1, 0.15) is 5.56 Å². The summed E-state index contributed by atoms with van der Waals surface area (Å²) in [6.07, 6.45) is 0. The largest absolute Gasteiger partial charge is 0.315 e. The Bertz CT molecular complexity index is 506. The summed E-state index contributed by atoms with van der Waals surface area (Å²) in [5.74, 6) is 2.70. The van der Waals surface area contributed by atoms with Gasteiger partial charge in [-0.05, 0) is 42.3 Å². The Kier molecular flexibility index (Phi) is 3.20. The second-order valence-electron chi connectivity index (χ2n) is 3.25. The number of hydrogen-bond acceptors (Lipinski definition) is 1. The zero-order chi connectivity index (χ0) is 11.2. The highest BCUT2D eigenvalue weighted by Crippen LogP contribution is 2.07. The molecule has 2 heteroatoms. The standard InChI is InChI=1S/C14H10FN/c15-13-6-8-14(9-7-13)16-11-10-12-4-2-1-3-5-12/h1-9,16H. The van der Waals surface area contributed by atoms with Gasteiger partial charge in [-0.15, -0.1) is 0 Å². The lowest BCUT2D eigenvalue weighted by atomic mass is 10.2. The number of benzene rings is 2. The van der Waals surface area contributed by atoms with E-state index in [-0.39, 0.29) is 5.82 Å². The molecule has 0 aliphatic heterocycles. The van der Waals surface area contributed by atoms with Crippen molar-refractivity contribution in [3.63, 3.8) is 0 Å². The SMILES string of the molecule is Fc1ccc(NC#Cc2ccccc2)cc1. The second-order valence-corrected chi connectivity index (χ2v) is 3.25. The third-order valence-electron chi connectivity index (χ3n) is 2.03. The summed E-state index contributed by atoms with van der Waals surface area (Å²) in [5, 5.41) is 2.89. The van der Waals surface area contributed by atoms with E-state index < -0.39 is 0 Å². The van der Waals surface area contributed by atoms with Gasteiger partial charge in [0.1, 0.15) is 5.82 Å². The first kappa shape index (κ1) is 10.3. The molecule has 78 valence electrons. The Morgan fingerprint density at radius 2 is 1.56 bits per heavy atom. The smallest absolute Gasteiger partial charge is 0.123 e. The molecule has 2 rings (SSSR count). The zero-order valence-electron chi connectivity index (χ0n) is 8.57. The van der Waals surface area contributed by atoms with Crippen LogP contribution in [0.25, 0.3) is 0 Å². The van der Waals surface area contributed by atoms with Crippen LogP contribution in [0.3, 0.4) is 0 Å². The lowest BCUT2D eigenvalue weighted by Crippen LogP contribution is -1.87. The van der Waals surface area contributed by atoms with Gasteiger partial charge in [0, 0.05) is 17.3 Å². The van der Waals surface area contributed by atoms with Gasteiger partial charge >= 0.3 is 0 Å². The summed E-state index contributed by atoms with van der Waals surface area (Å²) in [6, 6.07) is 18.6. The van der Waals surface area contributed by atoms with Crippen molar-refractivity contribution in [3.05, 3.63) is 66.0 Å². The zero-order valence-corrected chi connectivity index (χ0v) is 8.57. The average Bonchev–Trinajstić information content (AvgIpc) is 2.33. The molecule has 0 aliphatic rings. The molecule has 0 spiro atoms. The summed E-state index contributed by atoms with van der Waals surface area (Å²) >= 11 is 0. The molecule has 1 N–H and O–H groups in total. The highest BCUT2D eigenvalue weighted by molar-refractivity contribution is 5.49. The van der Waals surface area contributed by atoms with Crippen molar-refractivity contribution >= 4 is 5.69 Å². The number of halogens is 1. The maximum Gasteiger partial charge on any atom is 0.123 e. The van der Waals surface area contributed by atoms with E-state index >= 15 is 0 Å². The molecule has 1 nitrogen and oxygen atoms in total. The maximum absolute atomic E-state index is 12.6. The molecule has 0 atom stereocenters. The molecular weight excluding hydrogens is 201 g/mol. The quantitative estimate of drug-likeness (QED) is 0.564. The number of rotatable bonds is 1. The van der Waals surface area contributed by atoms with E-state index in [1.807, 2.05) is 30.3 Å². The topological polar surface area (TPSA) is 12.0 Å². The fourth-order valence-electron chi connectivity index (χ4n) is 1.23. The molecular formula is C14H10FN. The predicted octanol–water partition coefficient (Wildman–Crippen LogP) is 3.25. The molecule has 0 amide bonds. The highest BCUT2D eigenvalue weighted by Gasteiger charge is 1.89. The molecule has 0 unspecified atom stereocenters. The van der Waals surface area contributed by atoms with Crippen LogP contribution in [0.15, 0.2) is 54.6 Å². The Morgan fingerprint density at radius 3 is 2.25 bits per heavy atom. The molecule has 0 heterocycles. The van der Waals surface area contributed by atoms with Crippen LogP contribution in [0.4, 0.5) is 10.1 Å². The normalized spacial score (nSPS) is 9.06. The summed E-state index contributed by atoms with van der Waals surface area (Å²) < 4.78 is 12.6. The second kappa shape index (κ2) is 4.99. The van der Waals surface area contributed by atoms with Gasteiger partial charge in [-0.3, -0.25) is 0 Å². The van der Waals surface area contributed by atoms with Crippen molar-refractivity contribution in [3.8, 4) is 12.0 Å². The van der Waals surface area contributed by atoms with Gasteiger partial charge in [0.25, 0.3) is 0 Å². The molecule has 2 aromatic rings. The monoisotopic (exact) mass is 211 g/mol. The van der Waals surface area contributed by atoms with Crippen molar-refractivity contribution in [2.75, 3.05) is 5.32 Å². The molecule has 0 saturated heterocycles. The lowest BCUT2D eigenvalue weighted by Gasteiger charge is -1.96. The molecule has 0 bridgehead atoms. The fourth-order valence-corrected chi connectivity index (χ4v) is 1.23. The van der Waals surface area contributed by atoms with E-state index in [1.165, 1.54) is 12.1 Å². The molecule has 16 heavy (non-hydrogen) atoms. The number of anilines is 1. The van der Waals surface area contributed by atoms with Crippen LogP contribution in [0.2, 0.25) is 0 Å². The predicted molar refractivity (Wildman–Crippen MR) is 63.3 cm³/mol. The minimum Gasteiger partial charge on any atom is -0.315 e. The van der Waals surface area contributed by atoms with Crippen LogP contribution in [-0.2, 0) is 0 Å². The summed E-state index contributed by atoms with van der Waals surface area (Å²) in [7, 11) is 0. The van der Waals surface area contributed by atoms with Crippen LogP contribution in [0.5, 0.6) is 0 Å². The van der Waals surface area contributed by atoms with Gasteiger partial charge in [0.15, 0.2) is 0 Å². The van der Waals surface area contributed by atoms with Crippen LogP contribution in [0, 0.1) is 17.8 Å². The van der Waals surface area contributed by atoms with Crippen molar-refractivity contribution in [2.24, 2.45) is 0 Å². The van der Waals surface area contributed by atoms with Gasteiger partial charge in [0.2, 0.25) is 0 Å². The third kappa shape index (κ3) is 2.86. The van der Waals surface area contributed by atoms with Crippen LogP contribution < -0.4 is 5.32 Å². The third-order valence-corrected chi connectivity index (χ3v) is 2.03. The van der Waals surface area contributed by atoms with Crippen molar-refractivity contribution < 1.29 is 4.39 Å². The van der Waals surface area contributed by atoms with Gasteiger partial charge in [-0.25, -0.2) is 4.39 Å². The van der Waals surface area contributed by atoms with Crippen LogP contribution in [-0.4, -0.2) is 0 Å². The first-order chi connectivity index (χ1) is 7.84. The van der Waals surface area contributed by atoms with E-state index in [9.17, 15) is 4.39 Å². The Hall–Kier alpha value is -2.27. The van der Waals surface area contributed by atoms with Crippen molar-refractivity contribution in [2.45, 2.75) is 0 Å². The first-order valence-electron chi connectivity index (χ1n) is 4.92. The first-order valence-corrected chi connectivity index (χ1v) is 4.92. The summed E-state index contributed by atoms with van der Waals surface area (Å²) in [5.41, 5.74) is 1.72. The lowest BCUT2D eigenvalue weighted by molar-refractivity contribution is 0.628. The Balaban J connectivity index is 2.03. The number of nitrogens with one attached hydrogen (secondary N) is 1. The molecule has 0 aliphatic carbocycles. The van der Waals surface area contributed by atoms with E-state index in [1.54, 1.807) is 12.1 Å². The van der Waals surface area contributed by atoms with Gasteiger partial charge < -0.3 is 5.32 Å². The van der Waals surface area contributed by atoms with Gasteiger partial charge in [-0.1, -0.05) is 18.2 Å². The van der Waals surface area contributed by atoms with E-state index in [0.29, 0.717) is 0 Å². The maximum atomic E-state index is 12.6. The van der Waals surface area contributed by atoms with Gasteiger partial charge in [-0.2, -0.15) is 0 Å². The number of hydrogen-bond donors (Lipinski definition) is 1. The van der Waals surface area contributed by atoms with Crippen molar-refractivity contribution in [1.29, 1.82) is 0 Å². The van der Waals surface area contributed by atoms with E-state index in [4.69, 9.17) is 0 Å². The molecule has 0 saturated carbocycles. The van der Waals surface area contributed by atoms with Gasteiger partial charge in [0.05, 0.1) is 0 Å². The average molecular weight is 211 g/mol. The Labute approximate surface area is 93.9 Å². The minimum atomic E-state index is -0.249. The molecule has 2 aromatic carbocycles.